The number of unbranched alkanes of at least 4 members (excludes halogenated alkanes) is 1. The molecule has 2 rings (SSSR count). The summed E-state index contributed by atoms with van der Waals surface area (Å²) >= 11 is 0. The van der Waals surface area contributed by atoms with E-state index in [0.29, 0.717) is 0 Å². The second kappa shape index (κ2) is 20.9. The Bertz CT molecular complexity index is 1740. The number of hydrogen-bond acceptors (Lipinski definition) is 14. The van der Waals surface area contributed by atoms with Crippen LogP contribution in [0, 0.1) is 0 Å². The normalized spacial score (nSPS) is 10.5. The largest absolute Gasteiger partial charge is 0.425 e. The average molecular weight is 765 g/mol. The molecule has 0 aromatic carbocycles. The highest BCUT2D eigenvalue weighted by molar-refractivity contribution is 5.98. The molecule has 0 unspecified atom stereocenters. The molecule has 0 saturated heterocycles. The highest BCUT2D eigenvalue weighted by Gasteiger charge is 2.21. The van der Waals surface area contributed by atoms with E-state index in [4.69, 9.17) is 21.9 Å². The number of rotatable bonds is 21. The molecular weight excluding hydrogens is 724 g/mol. The molecule has 0 aliphatic rings. The second-order valence-electron chi connectivity index (χ2n) is 11.3. The van der Waals surface area contributed by atoms with Gasteiger partial charge in [0, 0.05) is 39.3 Å². The minimum atomic E-state index is -1.20. The van der Waals surface area contributed by atoms with Crippen molar-refractivity contribution in [2.75, 3.05) is 39.3 Å². The fourth-order valence-corrected chi connectivity index (χ4v) is 4.81. The number of aromatic nitrogens is 2. The molecule has 0 atom stereocenters. The van der Waals surface area contributed by atoms with Gasteiger partial charge in [-0.3, -0.25) is 58.4 Å². The van der Waals surface area contributed by atoms with Crippen LogP contribution in [0.25, 0.3) is 0 Å². The Kier molecular flexibility index (Phi) is 16.8. The molecule has 2 aromatic rings. The monoisotopic (exact) mass is 764 g/mol. The van der Waals surface area contributed by atoms with Crippen LogP contribution in [0.5, 0.6) is 0 Å². The molecule has 24 heteroatoms. The van der Waals surface area contributed by atoms with Gasteiger partial charge in [0.25, 0.3) is 46.6 Å². The van der Waals surface area contributed by atoms with E-state index >= 15 is 0 Å². The molecule has 54 heavy (non-hydrogen) atoms. The van der Waals surface area contributed by atoms with E-state index in [9.17, 15) is 58.4 Å². The van der Waals surface area contributed by atoms with Crippen LogP contribution < -0.4 is 44.2 Å². The molecule has 0 aliphatic heterocycles. The Morgan fingerprint density at radius 1 is 0.574 bits per heavy atom. The minimum Gasteiger partial charge on any atom is -0.425 e. The first kappa shape index (κ1) is 43.3. The fraction of sp³-hybridized carbons (Fsp3) is 0.400. The molecule has 0 bridgehead atoms. The maximum absolute atomic E-state index is 12.8. The first-order valence-corrected chi connectivity index (χ1v) is 16.0. The van der Waals surface area contributed by atoms with Crippen molar-refractivity contribution in [1.29, 1.82) is 0 Å². The maximum Gasteiger partial charge on any atom is 0.296 e. The standard InChI is InChI=1S/C30H40N10O14/c31-25(45)19-7-5-17(29(49)39(19)53)27(47)33-9-3-13-37(23(43)15-21(41)35-51)11-1-2-12-38(24(44)16-22(42)36-52)14-4-10-34-28(48)18-6-8-20(26(32)46)40(54)30(18)50/h5-8,51-54H,1-4,9-16H2,(H2,31,45)(H2,32,46)(H,33,47)(H,34,48)(H,35,41)(H,36,42). The summed E-state index contributed by atoms with van der Waals surface area (Å²) in [5.41, 5.74) is 8.32. The minimum absolute atomic E-state index is 0.0196. The Hall–Kier alpha value is -6.82. The van der Waals surface area contributed by atoms with Crippen LogP contribution in [0.15, 0.2) is 33.9 Å². The topological polar surface area (TPSA) is 368 Å². The van der Waals surface area contributed by atoms with Crippen LogP contribution in [0.3, 0.4) is 0 Å². The summed E-state index contributed by atoms with van der Waals surface area (Å²) in [4.78, 5) is 123. The molecule has 2 aromatic heterocycles. The lowest BCUT2D eigenvalue weighted by molar-refractivity contribution is -0.141. The van der Waals surface area contributed by atoms with Crippen molar-refractivity contribution in [3.05, 3.63) is 67.5 Å². The van der Waals surface area contributed by atoms with Crippen LogP contribution in [-0.2, 0) is 19.2 Å². The van der Waals surface area contributed by atoms with Crippen molar-refractivity contribution in [3.63, 3.8) is 0 Å². The van der Waals surface area contributed by atoms with Crippen molar-refractivity contribution >= 4 is 47.3 Å². The number of nitrogens with two attached hydrogens (primary N) is 2. The number of hydroxylamine groups is 2. The Morgan fingerprint density at radius 3 is 1.22 bits per heavy atom. The van der Waals surface area contributed by atoms with E-state index in [1.807, 2.05) is 0 Å². The van der Waals surface area contributed by atoms with Crippen molar-refractivity contribution < 1.29 is 59.2 Å². The van der Waals surface area contributed by atoms with Gasteiger partial charge in [0.05, 0.1) is 0 Å². The van der Waals surface area contributed by atoms with Crippen LogP contribution >= 0.6 is 0 Å². The van der Waals surface area contributed by atoms with Crippen LogP contribution in [-0.4, -0.2) is 127 Å². The third kappa shape index (κ3) is 12.4. The van der Waals surface area contributed by atoms with E-state index in [1.54, 1.807) is 0 Å². The molecule has 294 valence electrons. The lowest BCUT2D eigenvalue weighted by Crippen LogP contribution is -2.40. The predicted octanol–water partition coefficient (Wildman–Crippen LogP) is -4.15. The van der Waals surface area contributed by atoms with Gasteiger partial charge in [-0.05, 0) is 49.9 Å². The van der Waals surface area contributed by atoms with E-state index in [1.165, 1.54) is 20.8 Å². The summed E-state index contributed by atoms with van der Waals surface area (Å²) in [6.07, 6.45) is -0.749. The first-order valence-electron chi connectivity index (χ1n) is 16.0. The fourth-order valence-electron chi connectivity index (χ4n) is 4.81. The van der Waals surface area contributed by atoms with Crippen LogP contribution in [0.1, 0.15) is 80.2 Å². The van der Waals surface area contributed by atoms with Crippen molar-refractivity contribution in [3.8, 4) is 0 Å². The van der Waals surface area contributed by atoms with Crippen molar-refractivity contribution in [2.45, 2.75) is 38.5 Å². The van der Waals surface area contributed by atoms with Crippen LogP contribution in [0.2, 0.25) is 0 Å². The van der Waals surface area contributed by atoms with Crippen molar-refractivity contribution in [1.82, 2.24) is 40.9 Å². The van der Waals surface area contributed by atoms with E-state index in [2.05, 4.69) is 10.6 Å². The molecule has 0 saturated carbocycles. The summed E-state index contributed by atoms with van der Waals surface area (Å²) in [6.45, 7) is -0.152. The Balaban J connectivity index is 1.99. The number of pyridine rings is 2. The highest BCUT2D eigenvalue weighted by atomic mass is 16.5. The summed E-state index contributed by atoms with van der Waals surface area (Å²) in [7, 11) is 0. The first-order chi connectivity index (χ1) is 25.5. The molecule has 12 N–H and O–H groups in total. The SMILES string of the molecule is NC(=O)c1ccc(C(=O)NCCCN(CCCCN(CCCNC(=O)c2ccc(C(N)=O)n(O)c2=O)C(=O)CC(=O)NO)C(=O)CC(=O)NO)c(=O)n1O. The second-order valence-corrected chi connectivity index (χ2v) is 11.3. The summed E-state index contributed by atoms with van der Waals surface area (Å²) in [5.74, 6) is -7.39. The molecule has 24 nitrogen and oxygen atoms in total. The predicted molar refractivity (Wildman–Crippen MR) is 178 cm³/mol. The molecule has 2 heterocycles. The van der Waals surface area contributed by atoms with E-state index < -0.39 is 93.7 Å². The molecule has 0 radical (unpaired) electrons. The third-order valence-corrected chi connectivity index (χ3v) is 7.58. The average Bonchev–Trinajstić information content (AvgIpc) is 3.12. The summed E-state index contributed by atoms with van der Waals surface area (Å²) in [6, 6.07) is 3.95. The van der Waals surface area contributed by atoms with Gasteiger partial charge in [0.1, 0.15) is 35.4 Å². The Morgan fingerprint density at radius 2 is 0.907 bits per heavy atom. The van der Waals surface area contributed by atoms with Gasteiger partial charge in [-0.1, -0.05) is 0 Å². The molecular formula is C30H40N10O14. The molecule has 0 aliphatic carbocycles. The zero-order valence-corrected chi connectivity index (χ0v) is 28.6. The molecule has 8 amide bonds. The molecule has 0 spiro atoms. The number of nitrogens with zero attached hydrogens (tertiary/aromatic N) is 4. The van der Waals surface area contributed by atoms with Crippen molar-refractivity contribution in [2.24, 2.45) is 11.5 Å². The number of amides is 8. The highest BCUT2D eigenvalue weighted by Crippen LogP contribution is 2.06. The number of hydrogen-bond donors (Lipinski definition) is 10. The van der Waals surface area contributed by atoms with Gasteiger partial charge < -0.3 is 42.3 Å². The zero-order chi connectivity index (χ0) is 40.5. The smallest absolute Gasteiger partial charge is 0.296 e. The number of carbonyl (C=O) groups excluding carboxylic acids is 8. The summed E-state index contributed by atoms with van der Waals surface area (Å²) < 4.78 is -0.130. The number of primary amides is 2. The Labute approximate surface area is 304 Å². The van der Waals surface area contributed by atoms with Gasteiger partial charge in [-0.2, -0.15) is 0 Å². The van der Waals surface area contributed by atoms with E-state index in [-0.39, 0.29) is 74.4 Å². The quantitative estimate of drug-likeness (QED) is 0.0190. The van der Waals surface area contributed by atoms with Gasteiger partial charge in [0.2, 0.25) is 11.8 Å². The van der Waals surface area contributed by atoms with Gasteiger partial charge >= 0.3 is 0 Å². The van der Waals surface area contributed by atoms with Crippen LogP contribution in [0.4, 0.5) is 0 Å². The van der Waals surface area contributed by atoms with Gasteiger partial charge in [0.15, 0.2) is 0 Å². The number of nitrogens with one attached hydrogen (secondary N) is 4. The third-order valence-electron chi connectivity index (χ3n) is 7.58. The van der Waals surface area contributed by atoms with Gasteiger partial charge in [-0.25, -0.2) is 11.0 Å². The maximum atomic E-state index is 12.8. The van der Waals surface area contributed by atoms with E-state index in [0.717, 1.165) is 24.3 Å². The lowest BCUT2D eigenvalue weighted by atomic mass is 10.2. The molecule has 0 fully saturated rings. The zero-order valence-electron chi connectivity index (χ0n) is 28.6. The lowest BCUT2D eigenvalue weighted by Gasteiger charge is -2.25. The number of carbonyl (C=O) groups is 8. The summed E-state index contributed by atoms with van der Waals surface area (Å²) in [5, 5.41) is 42.1. The van der Waals surface area contributed by atoms with Gasteiger partial charge in [-0.15, -0.1) is 9.46 Å².